The van der Waals surface area contributed by atoms with E-state index in [0.717, 1.165) is 72.7 Å². The van der Waals surface area contributed by atoms with Crippen LogP contribution in [0.15, 0.2) is 265 Å². The van der Waals surface area contributed by atoms with Crippen LogP contribution >= 0.6 is 0 Å². The number of benzene rings is 11. The SMILES string of the molecule is c1ccc(-c2c(-c3cccc(-c4ccc(-c5ccc(N(c6ccc(-c7ccc(-c8cccc9ccccc89)cc7)cc6)c6cccc7ccccc67)cc5)cc4)c3)oc3ccccc23)cc1. The second kappa shape index (κ2) is 16.8. The topological polar surface area (TPSA) is 16.4 Å². The van der Waals surface area contributed by atoms with E-state index in [2.05, 4.69) is 254 Å². The fourth-order valence-electron chi connectivity index (χ4n) is 9.59. The Bertz CT molecular complexity index is 3650. The molecule has 0 radical (unpaired) electrons. The Hall–Kier alpha value is -8.72. The molecule has 1 aromatic heterocycles. The minimum absolute atomic E-state index is 0.886. The van der Waals surface area contributed by atoms with Crippen LogP contribution in [-0.2, 0) is 0 Å². The molecule has 66 heavy (non-hydrogen) atoms. The molecule has 0 fully saturated rings. The second-order valence-corrected chi connectivity index (χ2v) is 16.9. The largest absolute Gasteiger partial charge is 0.455 e. The Morgan fingerprint density at radius 3 is 1.36 bits per heavy atom. The van der Waals surface area contributed by atoms with Crippen molar-refractivity contribution in [2.45, 2.75) is 0 Å². The molecule has 2 heteroatoms. The number of nitrogens with zero attached hydrogens (tertiary/aromatic N) is 1. The van der Waals surface area contributed by atoms with E-state index in [0.29, 0.717) is 0 Å². The first-order valence-corrected chi connectivity index (χ1v) is 22.6. The van der Waals surface area contributed by atoms with E-state index in [9.17, 15) is 0 Å². The Balaban J connectivity index is 0.838. The Kier molecular flexibility index (Phi) is 9.89. The molecule has 0 saturated heterocycles. The van der Waals surface area contributed by atoms with Gasteiger partial charge >= 0.3 is 0 Å². The van der Waals surface area contributed by atoms with Gasteiger partial charge in [0.1, 0.15) is 11.3 Å². The van der Waals surface area contributed by atoms with Crippen LogP contribution in [0.5, 0.6) is 0 Å². The first kappa shape index (κ1) is 38.9. The summed E-state index contributed by atoms with van der Waals surface area (Å²) in [5.74, 6) is 0.886. The Labute approximate surface area is 384 Å². The molecule has 1 heterocycles. The first-order valence-electron chi connectivity index (χ1n) is 22.6. The van der Waals surface area contributed by atoms with Crippen LogP contribution in [-0.4, -0.2) is 0 Å². The highest BCUT2D eigenvalue weighted by atomic mass is 16.3. The van der Waals surface area contributed by atoms with Gasteiger partial charge in [-0.15, -0.1) is 0 Å². The van der Waals surface area contributed by atoms with Crippen LogP contribution in [0.4, 0.5) is 17.1 Å². The van der Waals surface area contributed by atoms with Crippen LogP contribution < -0.4 is 4.90 Å². The van der Waals surface area contributed by atoms with Crippen molar-refractivity contribution in [2.75, 3.05) is 4.90 Å². The molecule has 0 bridgehead atoms. The maximum Gasteiger partial charge on any atom is 0.143 e. The average Bonchev–Trinajstić information content (AvgIpc) is 3.79. The van der Waals surface area contributed by atoms with Gasteiger partial charge in [-0.25, -0.2) is 0 Å². The number of para-hydroxylation sites is 1. The monoisotopic (exact) mass is 841 g/mol. The molecule has 0 spiro atoms. The molecule has 2 nitrogen and oxygen atoms in total. The summed E-state index contributed by atoms with van der Waals surface area (Å²) in [5.41, 5.74) is 17.0. The van der Waals surface area contributed by atoms with Crippen molar-refractivity contribution in [3.63, 3.8) is 0 Å². The number of hydrogen-bond donors (Lipinski definition) is 0. The predicted molar refractivity (Wildman–Crippen MR) is 279 cm³/mol. The van der Waals surface area contributed by atoms with Gasteiger partial charge in [-0.1, -0.05) is 218 Å². The summed E-state index contributed by atoms with van der Waals surface area (Å²) in [6.45, 7) is 0. The van der Waals surface area contributed by atoms with Crippen LogP contribution in [0, 0.1) is 0 Å². The number of hydrogen-bond acceptors (Lipinski definition) is 2. The van der Waals surface area contributed by atoms with Crippen molar-refractivity contribution >= 4 is 49.6 Å². The third-order valence-corrected chi connectivity index (χ3v) is 12.9. The van der Waals surface area contributed by atoms with E-state index < -0.39 is 0 Å². The Morgan fingerprint density at radius 1 is 0.273 bits per heavy atom. The highest BCUT2D eigenvalue weighted by molar-refractivity contribution is 6.03. The molecule has 0 aliphatic heterocycles. The molecule has 12 aromatic rings. The molecule has 12 rings (SSSR count). The molecule has 0 saturated carbocycles. The molecule has 0 aliphatic carbocycles. The van der Waals surface area contributed by atoms with Crippen molar-refractivity contribution in [1.29, 1.82) is 0 Å². The van der Waals surface area contributed by atoms with Gasteiger partial charge in [-0.3, -0.25) is 0 Å². The maximum atomic E-state index is 6.56. The summed E-state index contributed by atoms with van der Waals surface area (Å²) in [5, 5.41) is 6.05. The first-order chi connectivity index (χ1) is 32.7. The zero-order chi connectivity index (χ0) is 43.8. The minimum Gasteiger partial charge on any atom is -0.455 e. The number of furan rings is 1. The molecule has 0 N–H and O–H groups in total. The van der Waals surface area contributed by atoms with E-state index in [1.54, 1.807) is 0 Å². The summed E-state index contributed by atoms with van der Waals surface area (Å²) in [4.78, 5) is 2.38. The van der Waals surface area contributed by atoms with Gasteiger partial charge < -0.3 is 9.32 Å². The van der Waals surface area contributed by atoms with Gasteiger partial charge in [0.05, 0.1) is 5.69 Å². The number of fused-ring (bicyclic) bond motifs is 3. The predicted octanol–water partition coefficient (Wildman–Crippen LogP) is 18.2. The lowest BCUT2D eigenvalue weighted by molar-refractivity contribution is 0.632. The molecule has 11 aromatic carbocycles. The minimum atomic E-state index is 0.886. The van der Waals surface area contributed by atoms with Gasteiger partial charge in [0.25, 0.3) is 0 Å². The van der Waals surface area contributed by atoms with E-state index in [1.165, 1.54) is 43.8 Å². The molecule has 0 atom stereocenters. The molecule has 310 valence electrons. The van der Waals surface area contributed by atoms with Crippen LogP contribution in [0.1, 0.15) is 0 Å². The quantitative estimate of drug-likeness (QED) is 0.144. The third kappa shape index (κ3) is 7.21. The summed E-state index contributed by atoms with van der Waals surface area (Å²) < 4.78 is 6.56. The van der Waals surface area contributed by atoms with Gasteiger partial charge in [-0.05, 0) is 109 Å². The van der Waals surface area contributed by atoms with E-state index in [-0.39, 0.29) is 0 Å². The second-order valence-electron chi connectivity index (χ2n) is 16.9. The zero-order valence-corrected chi connectivity index (χ0v) is 36.2. The highest BCUT2D eigenvalue weighted by Crippen LogP contribution is 2.43. The Morgan fingerprint density at radius 2 is 0.712 bits per heavy atom. The van der Waals surface area contributed by atoms with Crippen LogP contribution in [0.25, 0.3) is 99.5 Å². The number of anilines is 3. The van der Waals surface area contributed by atoms with Crippen LogP contribution in [0.2, 0.25) is 0 Å². The molecule has 0 amide bonds. The standard InChI is InChI=1S/C64H43NO/c1-2-15-52(16-3-1)63-60-23-8-9-26-62(60)66-64(63)54-20-10-19-53(43-54)48-29-27-44(28-30-48)46-35-39-55(40-36-46)65(61-25-12-18-50-14-5-7-22-59(50)61)56-41-37-47(38-42-56)45-31-33-51(34-32-45)58-24-11-17-49-13-4-6-21-57(49)58/h1-43H. The molecular weight excluding hydrogens is 799 g/mol. The summed E-state index contributed by atoms with van der Waals surface area (Å²) in [7, 11) is 0. The zero-order valence-electron chi connectivity index (χ0n) is 36.2. The van der Waals surface area contributed by atoms with Crippen LogP contribution in [0.3, 0.4) is 0 Å². The normalized spacial score (nSPS) is 11.3. The number of rotatable bonds is 9. The van der Waals surface area contributed by atoms with Gasteiger partial charge in [0, 0.05) is 33.3 Å². The van der Waals surface area contributed by atoms with Gasteiger partial charge in [0.2, 0.25) is 0 Å². The maximum absolute atomic E-state index is 6.56. The average molecular weight is 842 g/mol. The molecule has 0 unspecified atom stereocenters. The third-order valence-electron chi connectivity index (χ3n) is 12.9. The fraction of sp³-hybridized carbons (Fsp3) is 0. The van der Waals surface area contributed by atoms with E-state index in [4.69, 9.17) is 4.42 Å². The molecular formula is C64H43NO. The summed E-state index contributed by atoms with van der Waals surface area (Å²) in [6.07, 6.45) is 0. The summed E-state index contributed by atoms with van der Waals surface area (Å²) in [6, 6.07) is 93.6. The van der Waals surface area contributed by atoms with Gasteiger partial charge in [0.15, 0.2) is 0 Å². The smallest absolute Gasteiger partial charge is 0.143 e. The lowest BCUT2D eigenvalue weighted by Crippen LogP contribution is -2.10. The lowest BCUT2D eigenvalue weighted by Gasteiger charge is -2.27. The van der Waals surface area contributed by atoms with Gasteiger partial charge in [-0.2, -0.15) is 0 Å². The highest BCUT2D eigenvalue weighted by Gasteiger charge is 2.19. The lowest BCUT2D eigenvalue weighted by atomic mass is 9.95. The van der Waals surface area contributed by atoms with E-state index in [1.807, 2.05) is 12.1 Å². The molecule has 0 aliphatic rings. The fourth-order valence-corrected chi connectivity index (χ4v) is 9.59. The van der Waals surface area contributed by atoms with Crippen molar-refractivity contribution in [2.24, 2.45) is 0 Å². The summed E-state index contributed by atoms with van der Waals surface area (Å²) >= 11 is 0. The van der Waals surface area contributed by atoms with Crippen molar-refractivity contribution < 1.29 is 4.42 Å². The van der Waals surface area contributed by atoms with Crippen molar-refractivity contribution in [3.8, 4) is 67.0 Å². The van der Waals surface area contributed by atoms with Crippen molar-refractivity contribution in [3.05, 3.63) is 261 Å². The van der Waals surface area contributed by atoms with E-state index >= 15 is 0 Å². The van der Waals surface area contributed by atoms with Crippen molar-refractivity contribution in [1.82, 2.24) is 0 Å².